The third-order valence-electron chi connectivity index (χ3n) is 3.19. The summed E-state index contributed by atoms with van der Waals surface area (Å²) < 4.78 is 0. The molecule has 1 saturated heterocycles. The number of likely N-dealkylation sites (tertiary alicyclic amines) is 1. The van der Waals surface area contributed by atoms with Gasteiger partial charge in [0.15, 0.2) is 0 Å². The molecule has 1 aliphatic rings. The number of carbonyl (C=O) groups excluding carboxylic acids is 1. The summed E-state index contributed by atoms with van der Waals surface area (Å²) in [5, 5.41) is 12.2. The molecule has 5 nitrogen and oxygen atoms in total. The smallest absolute Gasteiger partial charge is 0.326 e. The zero-order chi connectivity index (χ0) is 12.8. The van der Waals surface area contributed by atoms with Crippen LogP contribution < -0.4 is 5.32 Å². The van der Waals surface area contributed by atoms with Gasteiger partial charge in [-0.15, -0.1) is 0 Å². The Balaban J connectivity index is 2.61. The summed E-state index contributed by atoms with van der Waals surface area (Å²) in [6, 6.07) is -0.625. The summed E-state index contributed by atoms with van der Waals surface area (Å²) >= 11 is 0. The molecule has 0 spiro atoms. The predicted molar refractivity (Wildman–Crippen MR) is 64.7 cm³/mol. The highest BCUT2D eigenvalue weighted by Gasteiger charge is 2.33. The van der Waals surface area contributed by atoms with E-state index in [2.05, 4.69) is 5.32 Å². The molecular formula is C12H22N2O3. The molecule has 5 heteroatoms. The van der Waals surface area contributed by atoms with Crippen LogP contribution in [0.15, 0.2) is 0 Å². The second kappa shape index (κ2) is 6.59. The van der Waals surface area contributed by atoms with Crippen molar-refractivity contribution in [3.63, 3.8) is 0 Å². The lowest BCUT2D eigenvalue weighted by atomic mass is 9.99. The van der Waals surface area contributed by atoms with Gasteiger partial charge >= 0.3 is 5.97 Å². The zero-order valence-corrected chi connectivity index (χ0v) is 10.6. The van der Waals surface area contributed by atoms with Gasteiger partial charge in [0.05, 0.1) is 0 Å². The molecule has 1 amide bonds. The highest BCUT2D eigenvalue weighted by molar-refractivity contribution is 5.85. The summed E-state index contributed by atoms with van der Waals surface area (Å²) in [5.74, 6) is -1.08. The summed E-state index contributed by atoms with van der Waals surface area (Å²) in [6.45, 7) is 5.83. The van der Waals surface area contributed by atoms with E-state index in [0.717, 1.165) is 19.4 Å². The van der Waals surface area contributed by atoms with E-state index in [1.165, 1.54) is 4.90 Å². The van der Waals surface area contributed by atoms with Crippen molar-refractivity contribution in [1.29, 1.82) is 0 Å². The molecule has 1 heterocycles. The number of rotatable bonds is 5. The van der Waals surface area contributed by atoms with Crippen molar-refractivity contribution < 1.29 is 14.7 Å². The maximum atomic E-state index is 12.1. The van der Waals surface area contributed by atoms with E-state index in [1.807, 2.05) is 13.8 Å². The minimum absolute atomic E-state index is 0.0435. The second-order valence-electron chi connectivity index (χ2n) is 4.59. The van der Waals surface area contributed by atoms with E-state index in [1.54, 1.807) is 0 Å². The van der Waals surface area contributed by atoms with E-state index in [0.29, 0.717) is 19.5 Å². The topological polar surface area (TPSA) is 69.6 Å². The van der Waals surface area contributed by atoms with Crippen molar-refractivity contribution >= 4 is 11.9 Å². The Hall–Kier alpha value is -1.10. The van der Waals surface area contributed by atoms with Crippen molar-refractivity contribution in [2.45, 2.75) is 39.2 Å². The summed E-state index contributed by atoms with van der Waals surface area (Å²) in [7, 11) is 0. The Bertz CT molecular complexity index is 281. The van der Waals surface area contributed by atoms with E-state index in [9.17, 15) is 9.59 Å². The zero-order valence-electron chi connectivity index (χ0n) is 10.6. The lowest BCUT2D eigenvalue weighted by Gasteiger charge is -2.34. The van der Waals surface area contributed by atoms with Gasteiger partial charge in [0.25, 0.3) is 0 Å². The standard InChI is InChI=1S/C12H22N2O3/c1-3-13-8-9(2)11(15)14-7-5-4-6-10(14)12(16)17/h9-10,13H,3-8H2,1-2H3,(H,16,17). The number of hydrogen-bond acceptors (Lipinski definition) is 3. The molecule has 0 bridgehead atoms. The van der Waals surface area contributed by atoms with Crippen LogP contribution in [0, 0.1) is 5.92 Å². The predicted octanol–water partition coefficient (Wildman–Crippen LogP) is 0.698. The van der Waals surface area contributed by atoms with Gasteiger partial charge in [-0.1, -0.05) is 13.8 Å². The maximum Gasteiger partial charge on any atom is 0.326 e. The average Bonchev–Trinajstić information content (AvgIpc) is 2.34. The molecule has 2 N–H and O–H groups in total. The van der Waals surface area contributed by atoms with Crippen LogP contribution >= 0.6 is 0 Å². The van der Waals surface area contributed by atoms with Gasteiger partial charge in [-0.25, -0.2) is 4.79 Å². The molecule has 98 valence electrons. The minimum atomic E-state index is -0.881. The van der Waals surface area contributed by atoms with Crippen LogP contribution in [0.25, 0.3) is 0 Å². The van der Waals surface area contributed by atoms with Gasteiger partial charge in [-0.05, 0) is 25.8 Å². The van der Waals surface area contributed by atoms with Crippen LogP contribution in [0.3, 0.4) is 0 Å². The average molecular weight is 242 g/mol. The van der Waals surface area contributed by atoms with Crippen LogP contribution in [-0.4, -0.2) is 47.6 Å². The molecule has 2 atom stereocenters. The van der Waals surface area contributed by atoms with Crippen LogP contribution in [0.1, 0.15) is 33.1 Å². The lowest BCUT2D eigenvalue weighted by molar-refractivity contribution is -0.153. The monoisotopic (exact) mass is 242 g/mol. The number of amides is 1. The lowest BCUT2D eigenvalue weighted by Crippen LogP contribution is -2.50. The van der Waals surface area contributed by atoms with Gasteiger partial charge in [-0.3, -0.25) is 4.79 Å². The summed E-state index contributed by atoms with van der Waals surface area (Å²) in [5.41, 5.74) is 0. The van der Waals surface area contributed by atoms with Gasteiger partial charge in [0.1, 0.15) is 6.04 Å². The number of carboxylic acid groups (broad SMARTS) is 1. The van der Waals surface area contributed by atoms with Crippen molar-refractivity contribution in [2.75, 3.05) is 19.6 Å². The first-order valence-electron chi connectivity index (χ1n) is 6.32. The first kappa shape index (κ1) is 14.0. The SMILES string of the molecule is CCNCC(C)C(=O)N1CCCCC1C(=O)O. The van der Waals surface area contributed by atoms with E-state index in [4.69, 9.17) is 5.11 Å². The quantitative estimate of drug-likeness (QED) is 0.744. The van der Waals surface area contributed by atoms with Gasteiger partial charge in [0.2, 0.25) is 5.91 Å². The molecule has 1 rings (SSSR count). The van der Waals surface area contributed by atoms with Crippen molar-refractivity contribution in [3.8, 4) is 0 Å². The summed E-state index contributed by atoms with van der Waals surface area (Å²) in [6.07, 6.45) is 2.38. The van der Waals surface area contributed by atoms with Gasteiger partial charge in [0, 0.05) is 19.0 Å². The Labute approximate surface area is 102 Å². The highest BCUT2D eigenvalue weighted by Crippen LogP contribution is 2.19. The first-order valence-corrected chi connectivity index (χ1v) is 6.32. The van der Waals surface area contributed by atoms with Crippen LogP contribution in [-0.2, 0) is 9.59 Å². The third-order valence-corrected chi connectivity index (χ3v) is 3.19. The van der Waals surface area contributed by atoms with E-state index < -0.39 is 12.0 Å². The molecule has 0 aromatic carbocycles. The molecule has 2 unspecified atom stereocenters. The third kappa shape index (κ3) is 3.70. The largest absolute Gasteiger partial charge is 0.480 e. The molecule has 0 saturated carbocycles. The number of carbonyl (C=O) groups is 2. The molecular weight excluding hydrogens is 220 g/mol. The van der Waals surface area contributed by atoms with Crippen molar-refractivity contribution in [2.24, 2.45) is 5.92 Å². The van der Waals surface area contributed by atoms with Gasteiger partial charge < -0.3 is 15.3 Å². The Morgan fingerprint density at radius 1 is 1.47 bits per heavy atom. The van der Waals surface area contributed by atoms with Crippen LogP contribution in [0.5, 0.6) is 0 Å². The summed E-state index contributed by atoms with van der Waals surface area (Å²) in [4.78, 5) is 24.8. The molecule has 0 aliphatic carbocycles. The normalized spacial score (nSPS) is 22.2. The van der Waals surface area contributed by atoms with Gasteiger partial charge in [-0.2, -0.15) is 0 Å². The first-order chi connectivity index (χ1) is 8.07. The Morgan fingerprint density at radius 2 is 2.18 bits per heavy atom. The number of nitrogens with one attached hydrogen (secondary N) is 1. The molecule has 0 aromatic heterocycles. The minimum Gasteiger partial charge on any atom is -0.480 e. The number of aliphatic carboxylic acids is 1. The highest BCUT2D eigenvalue weighted by atomic mass is 16.4. The fourth-order valence-corrected chi connectivity index (χ4v) is 2.18. The fraction of sp³-hybridized carbons (Fsp3) is 0.833. The maximum absolute atomic E-state index is 12.1. The molecule has 1 fully saturated rings. The fourth-order valence-electron chi connectivity index (χ4n) is 2.18. The Morgan fingerprint density at radius 3 is 2.76 bits per heavy atom. The number of piperidine rings is 1. The number of nitrogens with zero attached hydrogens (tertiary/aromatic N) is 1. The molecule has 1 aliphatic heterocycles. The molecule has 0 aromatic rings. The van der Waals surface area contributed by atoms with Crippen LogP contribution in [0.2, 0.25) is 0 Å². The second-order valence-corrected chi connectivity index (χ2v) is 4.59. The van der Waals surface area contributed by atoms with E-state index >= 15 is 0 Å². The van der Waals surface area contributed by atoms with Crippen molar-refractivity contribution in [3.05, 3.63) is 0 Å². The molecule has 17 heavy (non-hydrogen) atoms. The number of hydrogen-bond donors (Lipinski definition) is 2. The Kier molecular flexibility index (Phi) is 5.41. The molecule has 0 radical (unpaired) electrons. The van der Waals surface area contributed by atoms with Crippen molar-refractivity contribution in [1.82, 2.24) is 10.2 Å². The van der Waals surface area contributed by atoms with E-state index in [-0.39, 0.29) is 11.8 Å². The van der Waals surface area contributed by atoms with Crippen LogP contribution in [0.4, 0.5) is 0 Å². The number of carboxylic acids is 1.